The maximum Gasteiger partial charge on any atom is 0.254 e. The highest BCUT2D eigenvalue weighted by Gasteiger charge is 2.44. The molecule has 0 fully saturated rings. The standard InChI is InChI=1S/C34H30F3N5O2/c1-18(2)12-26-28(31(38)43)27(29-30(40-26)34(3,41-33(29)44)15-19-4-7-23(35)8-5-19)22-14-21-10-11-42(32(21)39-16-22)17-20-6-9-24(36)25(37)13-20/h4-11,13-14,16,18H,12,15,17H2,1-3H3,(H2,38,43)(H,41,44)/t34-/m1/s1. The third-order valence-electron chi connectivity index (χ3n) is 7.96. The summed E-state index contributed by atoms with van der Waals surface area (Å²) in [5, 5.41) is 3.78. The molecule has 3 aromatic heterocycles. The maximum absolute atomic E-state index is 13.8. The summed E-state index contributed by atoms with van der Waals surface area (Å²) < 4.78 is 42.7. The number of benzene rings is 2. The third kappa shape index (κ3) is 5.21. The van der Waals surface area contributed by atoms with Gasteiger partial charge in [0.1, 0.15) is 11.5 Å². The van der Waals surface area contributed by atoms with E-state index in [2.05, 4.69) is 10.3 Å². The van der Waals surface area contributed by atoms with Gasteiger partial charge in [-0.25, -0.2) is 18.2 Å². The molecule has 1 aliphatic heterocycles. The smallest absolute Gasteiger partial charge is 0.254 e. The Bertz CT molecular complexity index is 1950. The SMILES string of the molecule is CC(C)Cc1nc2c(c(-c3cnc4c(ccn4Cc4ccc(F)c(F)c4)c3)c1C(N)=O)C(=O)N[C@]2(C)Cc1ccc(F)cc1. The molecular weight excluding hydrogens is 567 g/mol. The molecule has 0 radical (unpaired) electrons. The van der Waals surface area contributed by atoms with Crippen LogP contribution in [0.25, 0.3) is 22.2 Å². The molecule has 5 aromatic rings. The van der Waals surface area contributed by atoms with Crippen molar-refractivity contribution in [3.05, 3.63) is 118 Å². The molecule has 0 saturated heterocycles. The summed E-state index contributed by atoms with van der Waals surface area (Å²) in [5.74, 6) is -3.18. The van der Waals surface area contributed by atoms with Gasteiger partial charge >= 0.3 is 0 Å². The normalized spacial score (nSPS) is 16.0. The molecule has 0 unspecified atom stereocenters. The van der Waals surface area contributed by atoms with Crippen LogP contribution >= 0.6 is 0 Å². The molecule has 0 aliphatic carbocycles. The van der Waals surface area contributed by atoms with Crippen molar-refractivity contribution in [1.29, 1.82) is 0 Å². The average Bonchev–Trinajstić information content (AvgIpc) is 3.47. The van der Waals surface area contributed by atoms with Gasteiger partial charge in [-0.15, -0.1) is 0 Å². The molecule has 10 heteroatoms. The number of nitrogens with zero attached hydrogens (tertiary/aromatic N) is 3. The highest BCUT2D eigenvalue weighted by atomic mass is 19.2. The van der Waals surface area contributed by atoms with Gasteiger partial charge < -0.3 is 15.6 Å². The molecule has 2 aromatic carbocycles. The maximum atomic E-state index is 13.8. The number of nitrogens with one attached hydrogen (secondary N) is 1. The Morgan fingerprint density at radius 3 is 2.41 bits per heavy atom. The number of halogens is 3. The highest BCUT2D eigenvalue weighted by molar-refractivity contribution is 6.12. The minimum Gasteiger partial charge on any atom is -0.366 e. The monoisotopic (exact) mass is 597 g/mol. The summed E-state index contributed by atoms with van der Waals surface area (Å²) in [6, 6.07) is 13.5. The van der Waals surface area contributed by atoms with E-state index in [4.69, 9.17) is 10.7 Å². The van der Waals surface area contributed by atoms with Crippen LogP contribution in [0.2, 0.25) is 0 Å². The van der Waals surface area contributed by atoms with Crippen LogP contribution in [0.3, 0.4) is 0 Å². The number of pyridine rings is 2. The van der Waals surface area contributed by atoms with E-state index in [9.17, 15) is 22.8 Å². The predicted molar refractivity (Wildman–Crippen MR) is 160 cm³/mol. The van der Waals surface area contributed by atoms with Gasteiger partial charge in [-0.2, -0.15) is 0 Å². The van der Waals surface area contributed by atoms with Gasteiger partial charge in [-0.3, -0.25) is 14.6 Å². The van der Waals surface area contributed by atoms with Gasteiger partial charge in [0, 0.05) is 41.9 Å². The lowest BCUT2D eigenvalue weighted by molar-refractivity contribution is 0.0935. The second kappa shape index (κ2) is 10.9. The van der Waals surface area contributed by atoms with E-state index < -0.39 is 29.0 Å². The summed E-state index contributed by atoms with van der Waals surface area (Å²) in [5.41, 5.74) is 9.24. The first kappa shape index (κ1) is 29.1. The van der Waals surface area contributed by atoms with Crippen LogP contribution in [0.4, 0.5) is 13.2 Å². The fraction of sp³-hybridized carbons (Fsp3) is 0.235. The van der Waals surface area contributed by atoms with Gasteiger partial charge in [0.25, 0.3) is 11.8 Å². The van der Waals surface area contributed by atoms with E-state index in [1.807, 2.05) is 32.9 Å². The molecule has 0 saturated carbocycles. The number of carbonyl (C=O) groups excluding carboxylic acids is 2. The second-order valence-electron chi connectivity index (χ2n) is 11.9. The zero-order valence-electron chi connectivity index (χ0n) is 24.4. The zero-order valence-corrected chi connectivity index (χ0v) is 24.4. The summed E-state index contributed by atoms with van der Waals surface area (Å²) >= 11 is 0. The Kier molecular flexibility index (Phi) is 7.23. The lowest BCUT2D eigenvalue weighted by atomic mass is 9.85. The number of nitrogens with two attached hydrogens (primary N) is 1. The summed E-state index contributed by atoms with van der Waals surface area (Å²) in [6.45, 7) is 6.13. The average molecular weight is 598 g/mol. The Hall–Kier alpha value is -4.99. The predicted octanol–water partition coefficient (Wildman–Crippen LogP) is 6.06. The van der Waals surface area contributed by atoms with Crippen LogP contribution in [0, 0.1) is 23.4 Å². The summed E-state index contributed by atoms with van der Waals surface area (Å²) in [7, 11) is 0. The second-order valence-corrected chi connectivity index (χ2v) is 11.9. The van der Waals surface area contributed by atoms with Crippen molar-refractivity contribution in [1.82, 2.24) is 19.9 Å². The molecule has 1 aliphatic rings. The number of carbonyl (C=O) groups is 2. The zero-order chi connectivity index (χ0) is 31.3. The fourth-order valence-corrected chi connectivity index (χ4v) is 6.03. The van der Waals surface area contributed by atoms with E-state index in [0.29, 0.717) is 52.0 Å². The molecular formula is C34H30F3N5O2. The third-order valence-corrected chi connectivity index (χ3v) is 7.96. The van der Waals surface area contributed by atoms with Crippen LogP contribution in [-0.2, 0) is 24.9 Å². The van der Waals surface area contributed by atoms with Crippen LogP contribution in [-0.4, -0.2) is 26.3 Å². The molecule has 0 bridgehead atoms. The lowest BCUT2D eigenvalue weighted by Gasteiger charge is -2.26. The molecule has 3 N–H and O–H groups in total. The number of fused-ring (bicyclic) bond motifs is 2. The molecule has 7 nitrogen and oxygen atoms in total. The van der Waals surface area contributed by atoms with E-state index >= 15 is 0 Å². The Morgan fingerprint density at radius 1 is 1.00 bits per heavy atom. The first-order chi connectivity index (χ1) is 20.9. The number of rotatable bonds is 8. The van der Waals surface area contributed by atoms with Gasteiger partial charge in [-0.05, 0) is 66.8 Å². The molecule has 44 heavy (non-hydrogen) atoms. The minimum absolute atomic E-state index is 0.130. The van der Waals surface area contributed by atoms with Crippen molar-refractivity contribution in [2.75, 3.05) is 0 Å². The van der Waals surface area contributed by atoms with Crippen LogP contribution < -0.4 is 11.1 Å². The van der Waals surface area contributed by atoms with Crippen LogP contribution in [0.15, 0.2) is 67.0 Å². The van der Waals surface area contributed by atoms with E-state index in [-0.39, 0.29) is 29.4 Å². The van der Waals surface area contributed by atoms with Crippen molar-refractivity contribution in [3.63, 3.8) is 0 Å². The van der Waals surface area contributed by atoms with Crippen molar-refractivity contribution in [2.24, 2.45) is 11.7 Å². The van der Waals surface area contributed by atoms with Gasteiger partial charge in [0.15, 0.2) is 11.6 Å². The molecule has 6 rings (SSSR count). The van der Waals surface area contributed by atoms with Gasteiger partial charge in [-0.1, -0.05) is 32.0 Å². The van der Waals surface area contributed by atoms with Crippen molar-refractivity contribution >= 4 is 22.8 Å². The fourth-order valence-electron chi connectivity index (χ4n) is 6.03. The van der Waals surface area contributed by atoms with Crippen LogP contribution in [0.1, 0.15) is 64.0 Å². The Balaban J connectivity index is 1.50. The first-order valence-corrected chi connectivity index (χ1v) is 14.3. The number of aromatic nitrogens is 3. The molecule has 224 valence electrons. The Labute approximate surface area is 251 Å². The first-order valence-electron chi connectivity index (χ1n) is 14.3. The van der Waals surface area contributed by atoms with E-state index in [1.54, 1.807) is 29.1 Å². The van der Waals surface area contributed by atoms with Crippen LogP contribution in [0.5, 0.6) is 0 Å². The summed E-state index contributed by atoms with van der Waals surface area (Å²) in [4.78, 5) is 36.3. The minimum atomic E-state index is -0.938. The molecule has 0 spiro atoms. The molecule has 1 atom stereocenters. The summed E-state index contributed by atoms with van der Waals surface area (Å²) in [6.07, 6.45) is 4.15. The largest absolute Gasteiger partial charge is 0.366 e. The quantitative estimate of drug-likeness (QED) is 0.227. The van der Waals surface area contributed by atoms with Crippen molar-refractivity contribution in [2.45, 2.75) is 45.7 Å². The topological polar surface area (TPSA) is 103 Å². The van der Waals surface area contributed by atoms with E-state index in [0.717, 1.165) is 17.7 Å². The van der Waals surface area contributed by atoms with E-state index in [1.165, 1.54) is 18.2 Å². The van der Waals surface area contributed by atoms with Gasteiger partial charge in [0.05, 0.1) is 28.1 Å². The Morgan fingerprint density at radius 2 is 1.73 bits per heavy atom. The number of amides is 2. The number of hydrogen-bond acceptors (Lipinski definition) is 4. The number of hydrogen-bond donors (Lipinski definition) is 2. The lowest BCUT2D eigenvalue weighted by Crippen LogP contribution is -2.39. The van der Waals surface area contributed by atoms with Crippen molar-refractivity contribution in [3.8, 4) is 11.1 Å². The van der Waals surface area contributed by atoms with Crippen molar-refractivity contribution < 1.29 is 22.8 Å². The molecule has 2 amide bonds. The van der Waals surface area contributed by atoms with Gasteiger partial charge in [0.2, 0.25) is 0 Å². The number of primary amides is 1. The highest BCUT2D eigenvalue weighted by Crippen LogP contribution is 2.41. The molecule has 4 heterocycles.